The fourth-order valence-electron chi connectivity index (χ4n) is 1.39. The van der Waals surface area contributed by atoms with Crippen molar-refractivity contribution in [2.45, 2.75) is 13.8 Å². The van der Waals surface area contributed by atoms with Gasteiger partial charge in [0.05, 0.1) is 0 Å². The fourth-order valence-corrected chi connectivity index (χ4v) is 1.39. The Kier molecular flexibility index (Phi) is 3.96. The average Bonchev–Trinajstić information content (AvgIpc) is 2.15. The van der Waals surface area contributed by atoms with Crippen molar-refractivity contribution in [1.29, 1.82) is 0 Å². The van der Waals surface area contributed by atoms with Gasteiger partial charge in [-0.3, -0.25) is 0 Å². The molecule has 1 saturated heterocycles. The van der Waals surface area contributed by atoms with Crippen LogP contribution in [0.15, 0.2) is 17.3 Å². The third kappa shape index (κ3) is 3.19. The Bertz CT molecular complexity index is 200. The molecule has 0 N–H and O–H groups in total. The molecule has 0 aromatic heterocycles. The lowest BCUT2D eigenvalue weighted by atomic mass is 10.3. The predicted octanol–water partition coefficient (Wildman–Crippen LogP) is 1.19. The van der Waals surface area contributed by atoms with E-state index in [2.05, 4.69) is 28.8 Å². The first-order valence-corrected chi connectivity index (χ1v) is 4.83. The van der Waals surface area contributed by atoms with Gasteiger partial charge in [-0.2, -0.15) is 0 Å². The minimum atomic E-state index is 1.10. The molecule has 1 aliphatic rings. The monoisotopic (exact) mass is 181 g/mol. The van der Waals surface area contributed by atoms with Crippen LogP contribution >= 0.6 is 0 Å². The van der Waals surface area contributed by atoms with Gasteiger partial charge in [0.25, 0.3) is 0 Å². The molecule has 0 unspecified atom stereocenters. The molecule has 1 heterocycles. The van der Waals surface area contributed by atoms with E-state index in [-0.39, 0.29) is 0 Å². The molecule has 0 amide bonds. The molecular weight excluding hydrogens is 162 g/mol. The van der Waals surface area contributed by atoms with Gasteiger partial charge < -0.3 is 9.80 Å². The zero-order chi connectivity index (χ0) is 9.68. The molecule has 74 valence electrons. The molecule has 3 nitrogen and oxygen atoms in total. The molecule has 1 aliphatic heterocycles. The van der Waals surface area contributed by atoms with Crippen LogP contribution in [0.3, 0.4) is 0 Å². The van der Waals surface area contributed by atoms with Gasteiger partial charge in [0.15, 0.2) is 0 Å². The first-order chi connectivity index (χ1) is 6.24. The number of hydrogen-bond acceptors (Lipinski definition) is 2. The summed E-state index contributed by atoms with van der Waals surface area (Å²) >= 11 is 0. The van der Waals surface area contributed by atoms with E-state index in [1.54, 1.807) is 0 Å². The van der Waals surface area contributed by atoms with E-state index in [0.717, 1.165) is 32.0 Å². The van der Waals surface area contributed by atoms with Gasteiger partial charge in [0.2, 0.25) is 0 Å². The highest BCUT2D eigenvalue weighted by molar-refractivity contribution is 5.80. The van der Waals surface area contributed by atoms with Crippen LogP contribution in [-0.4, -0.2) is 48.9 Å². The quantitative estimate of drug-likeness (QED) is 0.447. The van der Waals surface area contributed by atoms with Gasteiger partial charge in [-0.15, -0.1) is 0 Å². The zero-order valence-corrected chi connectivity index (χ0v) is 8.82. The number of aliphatic imine (C=N–C) groups is 1. The maximum absolute atomic E-state index is 4.33. The average molecular weight is 181 g/mol. The highest BCUT2D eigenvalue weighted by Gasteiger charge is 2.13. The largest absolute Gasteiger partial charge is 0.358 e. The van der Waals surface area contributed by atoms with Crippen LogP contribution in [0, 0.1) is 0 Å². The number of amidine groups is 1. The topological polar surface area (TPSA) is 18.8 Å². The molecule has 1 fully saturated rings. The second kappa shape index (κ2) is 5.02. The van der Waals surface area contributed by atoms with E-state index in [9.17, 15) is 0 Å². The minimum Gasteiger partial charge on any atom is -0.358 e. The van der Waals surface area contributed by atoms with Crippen molar-refractivity contribution in [3.63, 3.8) is 0 Å². The number of piperazine rings is 1. The molecule has 0 aliphatic carbocycles. The molecule has 0 atom stereocenters. The number of allylic oxidation sites excluding steroid dienone is 1. The molecule has 1 rings (SSSR count). The molecule has 0 radical (unpaired) electrons. The van der Waals surface area contributed by atoms with Crippen LogP contribution in [0.2, 0.25) is 0 Å². The van der Waals surface area contributed by atoms with E-state index in [1.165, 1.54) is 0 Å². The molecule has 0 aromatic rings. The molecule has 3 heteroatoms. The summed E-state index contributed by atoms with van der Waals surface area (Å²) in [6.07, 6.45) is 3.81. The molecule has 13 heavy (non-hydrogen) atoms. The second-order valence-corrected chi connectivity index (χ2v) is 3.45. The highest BCUT2D eigenvalue weighted by Crippen LogP contribution is 2.00. The smallest absolute Gasteiger partial charge is 0.101 e. The van der Waals surface area contributed by atoms with Crippen LogP contribution in [0.5, 0.6) is 0 Å². The summed E-state index contributed by atoms with van der Waals surface area (Å²) in [6, 6.07) is 0. The summed E-state index contributed by atoms with van der Waals surface area (Å²) < 4.78 is 0. The van der Waals surface area contributed by atoms with Crippen LogP contribution < -0.4 is 0 Å². The number of rotatable bonds is 1. The molecular formula is C10H19N3. The predicted molar refractivity (Wildman–Crippen MR) is 57.0 cm³/mol. The van der Waals surface area contributed by atoms with Gasteiger partial charge in [-0.25, -0.2) is 4.99 Å². The summed E-state index contributed by atoms with van der Waals surface area (Å²) in [4.78, 5) is 9.01. The summed E-state index contributed by atoms with van der Waals surface area (Å²) in [7, 11) is 2.16. The molecule has 0 saturated carbocycles. The van der Waals surface area contributed by atoms with E-state index in [0.29, 0.717) is 0 Å². The lowest BCUT2D eigenvalue weighted by molar-refractivity contribution is 0.215. The fraction of sp³-hybridized carbons (Fsp3) is 0.700. The normalized spacial score (nSPS) is 21.5. The van der Waals surface area contributed by atoms with Crippen LogP contribution in [0.1, 0.15) is 13.8 Å². The van der Waals surface area contributed by atoms with Crippen LogP contribution in [0.25, 0.3) is 0 Å². The van der Waals surface area contributed by atoms with Gasteiger partial charge in [-0.1, -0.05) is 6.08 Å². The van der Waals surface area contributed by atoms with Gasteiger partial charge in [-0.05, 0) is 20.9 Å². The lowest BCUT2D eigenvalue weighted by Gasteiger charge is -2.33. The van der Waals surface area contributed by atoms with Crippen molar-refractivity contribution in [1.82, 2.24) is 9.80 Å². The Morgan fingerprint density at radius 3 is 2.38 bits per heavy atom. The maximum atomic E-state index is 4.33. The zero-order valence-electron chi connectivity index (χ0n) is 8.82. The SMILES string of the molecule is C/C=C\N=C(C)N1CCN(C)CC1. The van der Waals surface area contributed by atoms with E-state index < -0.39 is 0 Å². The van der Waals surface area contributed by atoms with E-state index in [4.69, 9.17) is 0 Å². The van der Waals surface area contributed by atoms with E-state index >= 15 is 0 Å². The highest BCUT2D eigenvalue weighted by atomic mass is 15.3. The van der Waals surface area contributed by atoms with Crippen molar-refractivity contribution >= 4 is 5.84 Å². The standard InChI is InChI=1S/C10H19N3/c1-4-5-11-10(2)13-8-6-12(3)7-9-13/h4-5H,6-9H2,1-3H3/b5-4-,11-10?. The van der Waals surface area contributed by atoms with Gasteiger partial charge >= 0.3 is 0 Å². The minimum absolute atomic E-state index is 1.10. The van der Waals surface area contributed by atoms with Gasteiger partial charge in [0, 0.05) is 32.4 Å². The molecule has 0 bridgehead atoms. The van der Waals surface area contributed by atoms with Crippen molar-refractivity contribution in [3.05, 3.63) is 12.3 Å². The van der Waals surface area contributed by atoms with Crippen LogP contribution in [0.4, 0.5) is 0 Å². The summed E-state index contributed by atoms with van der Waals surface area (Å²) in [6.45, 7) is 8.55. The Labute approximate surface area is 80.7 Å². The second-order valence-electron chi connectivity index (χ2n) is 3.45. The Morgan fingerprint density at radius 1 is 1.23 bits per heavy atom. The van der Waals surface area contributed by atoms with E-state index in [1.807, 2.05) is 19.2 Å². The van der Waals surface area contributed by atoms with Crippen molar-refractivity contribution in [2.24, 2.45) is 4.99 Å². The first-order valence-electron chi connectivity index (χ1n) is 4.83. The summed E-state index contributed by atoms with van der Waals surface area (Å²) in [5, 5.41) is 0. The summed E-state index contributed by atoms with van der Waals surface area (Å²) in [5.74, 6) is 1.13. The maximum Gasteiger partial charge on any atom is 0.101 e. The van der Waals surface area contributed by atoms with Crippen molar-refractivity contribution < 1.29 is 0 Å². The third-order valence-corrected chi connectivity index (χ3v) is 2.37. The van der Waals surface area contributed by atoms with Crippen molar-refractivity contribution in [3.8, 4) is 0 Å². The Morgan fingerprint density at radius 2 is 1.85 bits per heavy atom. The first kappa shape index (κ1) is 10.3. The van der Waals surface area contributed by atoms with Crippen molar-refractivity contribution in [2.75, 3.05) is 33.2 Å². The molecule has 0 aromatic carbocycles. The number of likely N-dealkylation sites (N-methyl/N-ethyl adjacent to an activating group) is 1. The number of nitrogens with zero attached hydrogens (tertiary/aromatic N) is 3. The lowest BCUT2D eigenvalue weighted by Crippen LogP contribution is -2.46. The Hall–Kier alpha value is -0.830. The summed E-state index contributed by atoms with van der Waals surface area (Å²) in [5.41, 5.74) is 0. The third-order valence-electron chi connectivity index (χ3n) is 2.37. The van der Waals surface area contributed by atoms with Crippen LogP contribution in [-0.2, 0) is 0 Å². The Balaban J connectivity index is 2.44. The van der Waals surface area contributed by atoms with Gasteiger partial charge in [0.1, 0.15) is 5.84 Å². The molecule has 0 spiro atoms. The number of hydrogen-bond donors (Lipinski definition) is 0.